The fraction of sp³-hybridized carbons (Fsp3) is 0.167. The van der Waals surface area contributed by atoms with Crippen molar-refractivity contribution in [3.05, 3.63) is 84.7 Å². The van der Waals surface area contributed by atoms with Gasteiger partial charge in [-0.05, 0) is 29.0 Å². The molecule has 1 aliphatic heterocycles. The minimum Gasteiger partial charge on any atom is -0.366 e. The van der Waals surface area contributed by atoms with Gasteiger partial charge < -0.3 is 9.80 Å². The van der Waals surface area contributed by atoms with Crippen LogP contribution in [0, 0.1) is 11.6 Å². The lowest BCUT2D eigenvalue weighted by Gasteiger charge is -2.36. The SMILES string of the molecule is Fc1ccc(N2CCN(c3cncc(-c4ccc5ccccc5c4)n3)CC2)c(F)c1. The Balaban J connectivity index is 1.34. The van der Waals surface area contributed by atoms with Gasteiger partial charge in [0.2, 0.25) is 0 Å². The monoisotopic (exact) mass is 402 g/mol. The van der Waals surface area contributed by atoms with Crippen LogP contribution in [0.3, 0.4) is 0 Å². The van der Waals surface area contributed by atoms with E-state index >= 15 is 0 Å². The van der Waals surface area contributed by atoms with Crippen molar-refractivity contribution in [3.8, 4) is 11.3 Å². The molecule has 3 aromatic carbocycles. The molecule has 5 rings (SSSR count). The first kappa shape index (κ1) is 18.5. The largest absolute Gasteiger partial charge is 0.366 e. The molecule has 0 bridgehead atoms. The van der Waals surface area contributed by atoms with Gasteiger partial charge >= 0.3 is 0 Å². The molecule has 1 fully saturated rings. The first-order valence-electron chi connectivity index (χ1n) is 9.93. The summed E-state index contributed by atoms with van der Waals surface area (Å²) in [5.41, 5.74) is 2.28. The molecule has 0 saturated carbocycles. The summed E-state index contributed by atoms with van der Waals surface area (Å²) < 4.78 is 27.3. The molecule has 6 heteroatoms. The number of rotatable bonds is 3. The highest BCUT2D eigenvalue weighted by molar-refractivity contribution is 5.86. The Hall–Kier alpha value is -3.54. The van der Waals surface area contributed by atoms with Crippen molar-refractivity contribution < 1.29 is 8.78 Å². The van der Waals surface area contributed by atoms with Crippen molar-refractivity contribution in [3.63, 3.8) is 0 Å². The molecule has 0 spiro atoms. The number of halogens is 2. The van der Waals surface area contributed by atoms with Gasteiger partial charge in [0, 0.05) is 37.8 Å². The Kier molecular flexibility index (Phi) is 4.75. The second-order valence-corrected chi connectivity index (χ2v) is 7.39. The number of hydrogen-bond acceptors (Lipinski definition) is 4. The molecule has 1 aromatic heterocycles. The Morgan fingerprint density at radius 1 is 0.733 bits per heavy atom. The first-order valence-corrected chi connectivity index (χ1v) is 9.93. The molecule has 0 atom stereocenters. The fourth-order valence-electron chi connectivity index (χ4n) is 3.91. The first-order chi connectivity index (χ1) is 14.7. The van der Waals surface area contributed by atoms with Gasteiger partial charge in [-0.1, -0.05) is 36.4 Å². The lowest BCUT2D eigenvalue weighted by molar-refractivity contribution is 0.570. The molecule has 2 heterocycles. The van der Waals surface area contributed by atoms with Gasteiger partial charge in [-0.25, -0.2) is 13.8 Å². The van der Waals surface area contributed by atoms with E-state index in [1.54, 1.807) is 12.4 Å². The normalized spacial score (nSPS) is 14.3. The van der Waals surface area contributed by atoms with Crippen LogP contribution in [0.1, 0.15) is 0 Å². The topological polar surface area (TPSA) is 32.3 Å². The maximum absolute atomic E-state index is 14.1. The molecular weight excluding hydrogens is 382 g/mol. The second-order valence-electron chi connectivity index (χ2n) is 7.39. The third-order valence-corrected chi connectivity index (χ3v) is 5.52. The van der Waals surface area contributed by atoms with Crippen LogP contribution in [-0.2, 0) is 0 Å². The van der Waals surface area contributed by atoms with Crippen LogP contribution >= 0.6 is 0 Å². The lowest BCUT2D eigenvalue weighted by atomic mass is 10.1. The Bertz CT molecular complexity index is 1200. The van der Waals surface area contributed by atoms with Gasteiger partial charge in [-0.15, -0.1) is 0 Å². The highest BCUT2D eigenvalue weighted by Gasteiger charge is 2.21. The molecule has 4 nitrogen and oxygen atoms in total. The van der Waals surface area contributed by atoms with Crippen molar-refractivity contribution in [2.75, 3.05) is 36.0 Å². The predicted molar refractivity (Wildman–Crippen MR) is 116 cm³/mol. The molecule has 1 saturated heterocycles. The van der Waals surface area contributed by atoms with Gasteiger partial charge in [-0.2, -0.15) is 0 Å². The van der Waals surface area contributed by atoms with E-state index < -0.39 is 11.6 Å². The predicted octanol–water partition coefficient (Wildman–Crippen LogP) is 4.90. The zero-order chi connectivity index (χ0) is 20.5. The van der Waals surface area contributed by atoms with Gasteiger partial charge in [0.1, 0.15) is 17.5 Å². The smallest absolute Gasteiger partial charge is 0.149 e. The quantitative estimate of drug-likeness (QED) is 0.488. The van der Waals surface area contributed by atoms with Gasteiger partial charge in [0.25, 0.3) is 0 Å². The van der Waals surface area contributed by atoms with E-state index in [4.69, 9.17) is 4.98 Å². The van der Waals surface area contributed by atoms with Crippen LogP contribution in [0.15, 0.2) is 73.1 Å². The third-order valence-electron chi connectivity index (χ3n) is 5.52. The summed E-state index contributed by atoms with van der Waals surface area (Å²) in [4.78, 5) is 13.3. The molecular formula is C24H20F2N4. The van der Waals surface area contributed by atoms with E-state index in [9.17, 15) is 8.78 Å². The molecule has 0 radical (unpaired) electrons. The average Bonchev–Trinajstić information content (AvgIpc) is 2.79. The van der Waals surface area contributed by atoms with E-state index in [0.29, 0.717) is 31.9 Å². The summed E-state index contributed by atoms with van der Waals surface area (Å²) >= 11 is 0. The maximum Gasteiger partial charge on any atom is 0.149 e. The summed E-state index contributed by atoms with van der Waals surface area (Å²) in [6.07, 6.45) is 3.54. The molecule has 4 aromatic rings. The molecule has 1 aliphatic rings. The summed E-state index contributed by atoms with van der Waals surface area (Å²) in [5, 5.41) is 2.35. The highest BCUT2D eigenvalue weighted by Crippen LogP contribution is 2.26. The standard InChI is InChI=1S/C24H20F2N4/c25-20-7-8-23(21(26)14-20)29-9-11-30(12-10-29)24-16-27-15-22(28-24)19-6-5-17-3-1-2-4-18(17)13-19/h1-8,13-16H,9-12H2. The minimum absolute atomic E-state index is 0.437. The number of anilines is 2. The summed E-state index contributed by atoms with van der Waals surface area (Å²) in [7, 11) is 0. The zero-order valence-corrected chi connectivity index (χ0v) is 16.3. The molecule has 0 N–H and O–H groups in total. The molecule has 0 aliphatic carbocycles. The van der Waals surface area contributed by atoms with Crippen LogP contribution in [0.2, 0.25) is 0 Å². The molecule has 0 amide bonds. The molecule has 150 valence electrons. The van der Waals surface area contributed by atoms with Crippen LogP contribution in [0.5, 0.6) is 0 Å². The van der Waals surface area contributed by atoms with E-state index in [2.05, 4.69) is 40.2 Å². The summed E-state index contributed by atoms with van der Waals surface area (Å²) in [6.45, 7) is 2.63. The third kappa shape index (κ3) is 3.56. The maximum atomic E-state index is 14.1. The van der Waals surface area contributed by atoms with E-state index in [1.165, 1.54) is 17.5 Å². The second kappa shape index (κ2) is 7.71. The number of piperazine rings is 1. The van der Waals surface area contributed by atoms with Crippen LogP contribution in [0.4, 0.5) is 20.3 Å². The Morgan fingerprint density at radius 3 is 2.30 bits per heavy atom. The van der Waals surface area contributed by atoms with Crippen molar-refractivity contribution in [2.24, 2.45) is 0 Å². The number of aromatic nitrogens is 2. The van der Waals surface area contributed by atoms with Gasteiger partial charge in [-0.3, -0.25) is 4.98 Å². The minimum atomic E-state index is -0.560. The molecule has 0 unspecified atom stereocenters. The number of hydrogen-bond donors (Lipinski definition) is 0. The number of nitrogens with zero attached hydrogens (tertiary/aromatic N) is 4. The van der Waals surface area contributed by atoms with Crippen molar-refractivity contribution in [1.29, 1.82) is 0 Å². The highest BCUT2D eigenvalue weighted by atomic mass is 19.1. The van der Waals surface area contributed by atoms with Crippen molar-refractivity contribution >= 4 is 22.3 Å². The number of benzene rings is 3. The van der Waals surface area contributed by atoms with Crippen LogP contribution < -0.4 is 9.80 Å². The summed E-state index contributed by atoms with van der Waals surface area (Å²) in [6, 6.07) is 18.2. The molecule has 30 heavy (non-hydrogen) atoms. The van der Waals surface area contributed by atoms with Crippen LogP contribution in [0.25, 0.3) is 22.0 Å². The van der Waals surface area contributed by atoms with Gasteiger partial charge in [0.05, 0.1) is 23.8 Å². The zero-order valence-electron chi connectivity index (χ0n) is 16.3. The lowest BCUT2D eigenvalue weighted by Crippen LogP contribution is -2.47. The van der Waals surface area contributed by atoms with Crippen molar-refractivity contribution in [1.82, 2.24) is 9.97 Å². The summed E-state index contributed by atoms with van der Waals surface area (Å²) in [5.74, 6) is -0.280. The van der Waals surface area contributed by atoms with E-state index in [-0.39, 0.29) is 0 Å². The Morgan fingerprint density at radius 2 is 1.50 bits per heavy atom. The van der Waals surface area contributed by atoms with Crippen LogP contribution in [-0.4, -0.2) is 36.1 Å². The van der Waals surface area contributed by atoms with E-state index in [1.807, 2.05) is 17.0 Å². The van der Waals surface area contributed by atoms with Crippen molar-refractivity contribution in [2.45, 2.75) is 0 Å². The Labute approximate surface area is 173 Å². The fourth-order valence-corrected chi connectivity index (χ4v) is 3.91. The van der Waals surface area contributed by atoms with E-state index in [0.717, 1.165) is 28.5 Å². The number of fused-ring (bicyclic) bond motifs is 1. The van der Waals surface area contributed by atoms with Gasteiger partial charge in [0.15, 0.2) is 0 Å². The average molecular weight is 402 g/mol.